The van der Waals surface area contributed by atoms with E-state index in [-0.39, 0.29) is 18.1 Å². The minimum atomic E-state index is -0.369. The number of carbonyl (C=O) groups is 1. The molecule has 3 aromatic heterocycles. The maximum absolute atomic E-state index is 12.7. The van der Waals surface area contributed by atoms with Gasteiger partial charge in [0.1, 0.15) is 17.7 Å². The summed E-state index contributed by atoms with van der Waals surface area (Å²) in [4.78, 5) is 28.3. The number of benzene rings is 1. The van der Waals surface area contributed by atoms with E-state index in [4.69, 9.17) is 4.98 Å². The van der Waals surface area contributed by atoms with Crippen molar-refractivity contribution in [1.29, 1.82) is 0 Å². The molecule has 0 radical (unpaired) electrons. The van der Waals surface area contributed by atoms with Gasteiger partial charge < -0.3 is 20.9 Å². The number of hydrogen-bond acceptors (Lipinski definition) is 7. The average molecular weight is 540 g/mol. The van der Waals surface area contributed by atoms with Crippen molar-refractivity contribution in [2.75, 3.05) is 12.4 Å². The minimum Gasteiger partial charge on any atom is -0.359 e. The molecule has 1 amide bonds. The lowest BCUT2D eigenvalue weighted by molar-refractivity contribution is -0.117. The molecule has 0 saturated heterocycles. The van der Waals surface area contributed by atoms with Crippen LogP contribution in [-0.4, -0.2) is 45.0 Å². The number of nitrogens with one attached hydrogen (secondary N) is 3. The summed E-state index contributed by atoms with van der Waals surface area (Å²) in [6.45, 7) is 3.88. The molecule has 4 aromatic rings. The fourth-order valence-corrected chi connectivity index (χ4v) is 4.82. The third-order valence-corrected chi connectivity index (χ3v) is 7.13. The lowest BCUT2D eigenvalue weighted by Crippen LogP contribution is -2.35. The number of aromatic nitrogens is 3. The molecule has 0 bridgehead atoms. The van der Waals surface area contributed by atoms with Gasteiger partial charge in [0.05, 0.1) is 23.0 Å². The molecule has 2 aliphatic heterocycles. The maximum atomic E-state index is 12.7. The van der Waals surface area contributed by atoms with Crippen LogP contribution in [0.15, 0.2) is 97.1 Å². The Morgan fingerprint density at radius 3 is 2.76 bits per heavy atom. The number of pyridine rings is 3. The van der Waals surface area contributed by atoms with Crippen molar-refractivity contribution in [2.24, 2.45) is 0 Å². The minimum absolute atomic E-state index is 0.0529. The highest BCUT2D eigenvalue weighted by atomic mass is 16.2. The molecule has 2 aliphatic rings. The molecule has 0 saturated carbocycles. The molecule has 8 nitrogen and oxygen atoms in total. The zero-order chi connectivity index (χ0) is 28.3. The molecular weight excluding hydrogens is 510 g/mol. The van der Waals surface area contributed by atoms with E-state index < -0.39 is 0 Å². The number of rotatable bonds is 5. The summed E-state index contributed by atoms with van der Waals surface area (Å²) in [5, 5.41) is 10.6. The average Bonchev–Trinajstić information content (AvgIpc) is 3.38. The van der Waals surface area contributed by atoms with Gasteiger partial charge in [0.2, 0.25) is 5.91 Å². The van der Waals surface area contributed by atoms with Gasteiger partial charge in [-0.1, -0.05) is 12.0 Å². The predicted molar refractivity (Wildman–Crippen MR) is 162 cm³/mol. The number of allylic oxidation sites excluding steroid dienone is 2. The standard InChI is InChI=1S/C33H29N7O/c1-21-14-18-40-30(19-21)39-31(24-12-16-35-17-13-24)32(40)26-8-11-29(38-33(41)22(2)34-3)37-28(26)10-7-23-6-9-27-25(20-23)5-4-15-36-27/h4-6,8-9,11-20,22,30,34,39H,1-3H3,(H,37,38,41). The first-order chi connectivity index (χ1) is 20.0. The molecule has 2 atom stereocenters. The van der Waals surface area contributed by atoms with Crippen LogP contribution in [0.4, 0.5) is 5.82 Å². The Morgan fingerprint density at radius 1 is 1.07 bits per heavy atom. The van der Waals surface area contributed by atoms with Crippen molar-refractivity contribution in [3.05, 3.63) is 119 Å². The number of fused-ring (bicyclic) bond motifs is 2. The van der Waals surface area contributed by atoms with E-state index in [2.05, 4.69) is 67.9 Å². The molecule has 1 aromatic carbocycles. The van der Waals surface area contributed by atoms with E-state index in [0.717, 1.165) is 39.0 Å². The lowest BCUT2D eigenvalue weighted by atomic mass is 10.0. The Bertz CT molecular complexity index is 1800. The van der Waals surface area contributed by atoms with E-state index in [1.807, 2.05) is 54.6 Å². The second-order valence-corrected chi connectivity index (χ2v) is 9.94. The maximum Gasteiger partial charge on any atom is 0.242 e. The highest BCUT2D eigenvalue weighted by Gasteiger charge is 2.33. The Kier molecular flexibility index (Phi) is 7.02. The van der Waals surface area contributed by atoms with Gasteiger partial charge in [0.15, 0.2) is 0 Å². The molecule has 5 heterocycles. The first-order valence-corrected chi connectivity index (χ1v) is 13.4. The zero-order valence-electron chi connectivity index (χ0n) is 23.0. The molecule has 6 rings (SSSR count). The Morgan fingerprint density at radius 2 is 1.93 bits per heavy atom. The van der Waals surface area contributed by atoms with Crippen molar-refractivity contribution in [1.82, 2.24) is 30.5 Å². The van der Waals surface area contributed by atoms with E-state index in [9.17, 15) is 4.79 Å². The number of carbonyl (C=O) groups excluding carboxylic acids is 1. The molecule has 0 spiro atoms. The van der Waals surface area contributed by atoms with Crippen LogP contribution in [0.1, 0.15) is 36.2 Å². The van der Waals surface area contributed by atoms with Crippen molar-refractivity contribution in [3.8, 4) is 11.8 Å². The van der Waals surface area contributed by atoms with Gasteiger partial charge in [-0.2, -0.15) is 0 Å². The molecule has 0 aliphatic carbocycles. The summed E-state index contributed by atoms with van der Waals surface area (Å²) in [5.41, 5.74) is 7.24. The molecule has 41 heavy (non-hydrogen) atoms. The summed E-state index contributed by atoms with van der Waals surface area (Å²) < 4.78 is 0. The predicted octanol–water partition coefficient (Wildman–Crippen LogP) is 4.50. The second kappa shape index (κ2) is 11.1. The molecule has 3 N–H and O–H groups in total. The molecule has 202 valence electrons. The molecular formula is C33H29N7O. The van der Waals surface area contributed by atoms with Gasteiger partial charge in [-0.3, -0.25) is 14.8 Å². The zero-order valence-corrected chi connectivity index (χ0v) is 23.0. The Balaban J connectivity index is 1.49. The van der Waals surface area contributed by atoms with Crippen LogP contribution >= 0.6 is 0 Å². The third-order valence-electron chi connectivity index (χ3n) is 7.13. The number of nitrogens with zero attached hydrogens (tertiary/aromatic N) is 4. The number of anilines is 1. The van der Waals surface area contributed by atoms with Crippen molar-refractivity contribution in [3.63, 3.8) is 0 Å². The van der Waals surface area contributed by atoms with Crippen LogP contribution in [0.2, 0.25) is 0 Å². The van der Waals surface area contributed by atoms with Gasteiger partial charge in [0, 0.05) is 46.9 Å². The third kappa shape index (κ3) is 5.31. The van der Waals surface area contributed by atoms with Crippen LogP contribution in [0.5, 0.6) is 0 Å². The topological polar surface area (TPSA) is 95.1 Å². The van der Waals surface area contributed by atoms with Crippen molar-refractivity contribution < 1.29 is 4.79 Å². The summed E-state index contributed by atoms with van der Waals surface area (Å²) in [5.74, 6) is 6.88. The Hall–Kier alpha value is -5.26. The number of amides is 1. The summed E-state index contributed by atoms with van der Waals surface area (Å²) in [6, 6.07) is 17.3. The SMILES string of the molecule is CNC(C)C(=O)Nc1ccc(C2=C(c3ccncc3)NC3C=C(C)C=CN23)c(C#Cc2ccc3ncccc3c2)n1. The number of hydrogen-bond donors (Lipinski definition) is 3. The molecule has 0 fully saturated rings. The highest BCUT2D eigenvalue weighted by molar-refractivity contribution is 5.96. The van der Waals surface area contributed by atoms with E-state index >= 15 is 0 Å². The molecule has 8 heteroatoms. The van der Waals surface area contributed by atoms with Gasteiger partial charge in [-0.15, -0.1) is 0 Å². The summed E-state index contributed by atoms with van der Waals surface area (Å²) in [6.07, 6.45) is 11.6. The first-order valence-electron chi connectivity index (χ1n) is 13.4. The van der Waals surface area contributed by atoms with Crippen LogP contribution in [-0.2, 0) is 4.79 Å². The highest BCUT2D eigenvalue weighted by Crippen LogP contribution is 2.38. The van der Waals surface area contributed by atoms with Crippen LogP contribution < -0.4 is 16.0 Å². The lowest BCUT2D eigenvalue weighted by Gasteiger charge is -2.27. The fourth-order valence-electron chi connectivity index (χ4n) is 4.82. The van der Waals surface area contributed by atoms with Crippen LogP contribution in [0, 0.1) is 11.8 Å². The second-order valence-electron chi connectivity index (χ2n) is 9.94. The smallest absolute Gasteiger partial charge is 0.242 e. The van der Waals surface area contributed by atoms with Gasteiger partial charge in [-0.05, 0) is 93.1 Å². The quantitative estimate of drug-likeness (QED) is 0.322. The Labute approximate surface area is 238 Å². The summed E-state index contributed by atoms with van der Waals surface area (Å²) in [7, 11) is 1.75. The van der Waals surface area contributed by atoms with E-state index in [0.29, 0.717) is 11.5 Å². The first kappa shape index (κ1) is 26.0. The summed E-state index contributed by atoms with van der Waals surface area (Å²) >= 11 is 0. The van der Waals surface area contributed by atoms with Crippen molar-refractivity contribution in [2.45, 2.75) is 26.1 Å². The largest absolute Gasteiger partial charge is 0.359 e. The van der Waals surface area contributed by atoms with Crippen LogP contribution in [0.25, 0.3) is 22.3 Å². The van der Waals surface area contributed by atoms with Crippen molar-refractivity contribution >= 4 is 34.0 Å². The van der Waals surface area contributed by atoms with Gasteiger partial charge in [0.25, 0.3) is 0 Å². The van der Waals surface area contributed by atoms with E-state index in [1.165, 1.54) is 5.57 Å². The normalized spacial score (nSPS) is 16.4. The monoisotopic (exact) mass is 539 g/mol. The van der Waals surface area contributed by atoms with Crippen LogP contribution in [0.3, 0.4) is 0 Å². The van der Waals surface area contributed by atoms with Gasteiger partial charge >= 0.3 is 0 Å². The molecule has 2 unspecified atom stereocenters. The fraction of sp³-hybridized carbons (Fsp3) is 0.152. The number of likely N-dealkylation sites (N-methyl/N-ethyl adjacent to an activating group) is 1. The van der Waals surface area contributed by atoms with Gasteiger partial charge in [-0.25, -0.2) is 4.98 Å². The van der Waals surface area contributed by atoms with E-state index in [1.54, 1.807) is 32.6 Å².